The Balaban J connectivity index is 1.53. The number of amides is 1. The smallest absolute Gasteiger partial charge is 0.230 e. The van der Waals surface area contributed by atoms with E-state index >= 15 is 0 Å². The molecule has 2 aliphatic rings. The Morgan fingerprint density at radius 2 is 1.85 bits per heavy atom. The van der Waals surface area contributed by atoms with Crippen molar-refractivity contribution in [3.63, 3.8) is 0 Å². The third-order valence-electron chi connectivity index (χ3n) is 5.91. The molecule has 1 aromatic heterocycles. The summed E-state index contributed by atoms with van der Waals surface area (Å²) in [6, 6.07) is 6.24. The highest BCUT2D eigenvalue weighted by Crippen LogP contribution is 2.32. The molecule has 5 heteroatoms. The molecular formula is C22H26FN3O. The summed E-state index contributed by atoms with van der Waals surface area (Å²) in [5.74, 6) is 0.279. The Kier molecular flexibility index (Phi) is 5.46. The number of rotatable bonds is 5. The Morgan fingerprint density at radius 1 is 1.04 bits per heavy atom. The molecule has 2 fully saturated rings. The molecule has 4 nitrogen and oxygen atoms in total. The number of carbonyl (C=O) groups excluding carboxylic acids is 1. The largest absolute Gasteiger partial charge is 0.306 e. The first-order valence-electron chi connectivity index (χ1n) is 10.1. The van der Waals surface area contributed by atoms with E-state index in [1.807, 2.05) is 6.20 Å². The van der Waals surface area contributed by atoms with E-state index in [9.17, 15) is 9.18 Å². The maximum atomic E-state index is 13.7. The van der Waals surface area contributed by atoms with Gasteiger partial charge in [0.15, 0.2) is 0 Å². The summed E-state index contributed by atoms with van der Waals surface area (Å²) >= 11 is 0. The lowest BCUT2D eigenvalue weighted by Gasteiger charge is -2.31. The van der Waals surface area contributed by atoms with Crippen LogP contribution < -0.4 is 4.90 Å². The highest BCUT2D eigenvalue weighted by molar-refractivity contribution is 5.95. The molecule has 27 heavy (non-hydrogen) atoms. The third-order valence-corrected chi connectivity index (χ3v) is 5.91. The Morgan fingerprint density at radius 3 is 2.48 bits per heavy atom. The van der Waals surface area contributed by atoms with Gasteiger partial charge in [-0.1, -0.05) is 31.7 Å². The van der Waals surface area contributed by atoms with Crippen LogP contribution in [-0.4, -0.2) is 15.9 Å². The minimum Gasteiger partial charge on any atom is -0.306 e. The molecule has 1 heterocycles. The molecule has 1 amide bonds. The van der Waals surface area contributed by atoms with E-state index in [0.717, 1.165) is 30.7 Å². The van der Waals surface area contributed by atoms with Gasteiger partial charge in [-0.05, 0) is 43.9 Å². The topological polar surface area (TPSA) is 46.1 Å². The molecule has 0 aliphatic heterocycles. The second-order valence-corrected chi connectivity index (χ2v) is 7.80. The van der Waals surface area contributed by atoms with Gasteiger partial charge in [0.1, 0.15) is 5.82 Å². The van der Waals surface area contributed by atoms with Gasteiger partial charge in [0, 0.05) is 23.7 Å². The van der Waals surface area contributed by atoms with Crippen molar-refractivity contribution >= 4 is 11.6 Å². The minimum atomic E-state index is -0.336. The molecule has 2 saturated carbocycles. The Hall–Kier alpha value is -2.30. The van der Waals surface area contributed by atoms with Crippen LogP contribution >= 0.6 is 0 Å². The molecule has 1 aromatic carbocycles. The van der Waals surface area contributed by atoms with Gasteiger partial charge in [-0.25, -0.2) is 4.39 Å². The van der Waals surface area contributed by atoms with Gasteiger partial charge in [0.2, 0.25) is 5.91 Å². The van der Waals surface area contributed by atoms with Crippen molar-refractivity contribution in [3.05, 3.63) is 53.9 Å². The van der Waals surface area contributed by atoms with Gasteiger partial charge in [0.25, 0.3) is 0 Å². The minimum absolute atomic E-state index is 0.0442. The number of benzene rings is 1. The summed E-state index contributed by atoms with van der Waals surface area (Å²) < 4.78 is 13.7. The quantitative estimate of drug-likeness (QED) is 0.747. The number of halogens is 1. The molecule has 4 rings (SSSR count). The first-order chi connectivity index (χ1) is 13.2. The van der Waals surface area contributed by atoms with Crippen molar-refractivity contribution in [2.24, 2.45) is 5.92 Å². The predicted molar refractivity (Wildman–Crippen MR) is 103 cm³/mol. The van der Waals surface area contributed by atoms with Gasteiger partial charge in [-0.2, -0.15) is 0 Å². The predicted octanol–water partition coefficient (Wildman–Crippen LogP) is 5.00. The molecule has 0 unspecified atom stereocenters. The molecule has 0 bridgehead atoms. The second-order valence-electron chi connectivity index (χ2n) is 7.80. The highest BCUT2D eigenvalue weighted by Gasteiger charge is 2.30. The van der Waals surface area contributed by atoms with Crippen LogP contribution in [0.15, 0.2) is 36.7 Å². The molecule has 142 valence electrons. The summed E-state index contributed by atoms with van der Waals surface area (Å²) in [5.41, 5.74) is 2.39. The number of carbonyl (C=O) groups is 1. The maximum absolute atomic E-state index is 13.7. The fourth-order valence-electron chi connectivity index (χ4n) is 4.03. The van der Waals surface area contributed by atoms with Crippen molar-refractivity contribution in [1.82, 2.24) is 9.97 Å². The third kappa shape index (κ3) is 4.18. The molecule has 0 saturated heterocycles. The fraction of sp³-hybridized carbons (Fsp3) is 0.500. The summed E-state index contributed by atoms with van der Waals surface area (Å²) in [4.78, 5) is 23.8. The summed E-state index contributed by atoms with van der Waals surface area (Å²) in [6.07, 6.45) is 12.8. The Labute approximate surface area is 159 Å². The zero-order valence-corrected chi connectivity index (χ0v) is 15.6. The molecule has 2 aromatic rings. The monoisotopic (exact) mass is 367 g/mol. The summed E-state index contributed by atoms with van der Waals surface area (Å²) in [7, 11) is 0. The zero-order chi connectivity index (χ0) is 18.6. The first kappa shape index (κ1) is 18.1. The molecule has 0 N–H and O–H groups in total. The number of nitrogens with zero attached hydrogens (tertiary/aromatic N) is 3. The van der Waals surface area contributed by atoms with Crippen LogP contribution in [0.4, 0.5) is 10.1 Å². The Bertz CT molecular complexity index is 782. The lowest BCUT2D eigenvalue weighted by Crippen LogP contribution is -2.38. The number of hydrogen-bond acceptors (Lipinski definition) is 3. The molecule has 2 aliphatic carbocycles. The first-order valence-corrected chi connectivity index (χ1v) is 10.1. The van der Waals surface area contributed by atoms with Crippen LogP contribution in [0.25, 0.3) is 0 Å². The molecule has 0 spiro atoms. The zero-order valence-electron chi connectivity index (χ0n) is 15.6. The molecule has 0 radical (unpaired) electrons. The van der Waals surface area contributed by atoms with Crippen LogP contribution in [0.1, 0.15) is 68.7 Å². The number of anilines is 1. The van der Waals surface area contributed by atoms with Gasteiger partial charge in [0.05, 0.1) is 24.1 Å². The summed E-state index contributed by atoms with van der Waals surface area (Å²) in [5, 5.41) is 0. The van der Waals surface area contributed by atoms with E-state index in [-0.39, 0.29) is 17.6 Å². The van der Waals surface area contributed by atoms with Crippen molar-refractivity contribution in [2.45, 2.75) is 63.8 Å². The highest BCUT2D eigenvalue weighted by atomic mass is 19.1. The summed E-state index contributed by atoms with van der Waals surface area (Å²) in [6.45, 7) is 0.330. The van der Waals surface area contributed by atoms with Gasteiger partial charge >= 0.3 is 0 Å². The van der Waals surface area contributed by atoms with E-state index in [1.165, 1.54) is 44.2 Å². The van der Waals surface area contributed by atoms with Crippen LogP contribution in [-0.2, 0) is 11.3 Å². The van der Waals surface area contributed by atoms with Gasteiger partial charge in [-0.15, -0.1) is 0 Å². The standard InChI is InChI=1S/C22H26FN3O/c23-18-10-5-11-20(12-18)26(22(27)17-8-4-9-17)15-19-13-25-21(14-24-19)16-6-2-1-3-7-16/h5,10-14,16-17H,1-4,6-9,15H2. The van der Waals surface area contributed by atoms with Crippen molar-refractivity contribution < 1.29 is 9.18 Å². The normalized spacial score (nSPS) is 18.1. The van der Waals surface area contributed by atoms with E-state index in [2.05, 4.69) is 9.97 Å². The van der Waals surface area contributed by atoms with E-state index in [1.54, 1.807) is 23.2 Å². The van der Waals surface area contributed by atoms with Crippen LogP contribution in [0.3, 0.4) is 0 Å². The SMILES string of the molecule is O=C(C1CCC1)N(Cc1cnc(C2CCCCC2)cn1)c1cccc(F)c1. The fourth-order valence-corrected chi connectivity index (χ4v) is 4.03. The van der Waals surface area contributed by atoms with Gasteiger partial charge in [-0.3, -0.25) is 14.8 Å². The lowest BCUT2D eigenvalue weighted by molar-refractivity contribution is -0.124. The average Bonchev–Trinajstić information content (AvgIpc) is 2.66. The van der Waals surface area contributed by atoms with Gasteiger partial charge < -0.3 is 4.90 Å². The number of hydrogen-bond donors (Lipinski definition) is 0. The van der Waals surface area contributed by atoms with Crippen LogP contribution in [0.5, 0.6) is 0 Å². The van der Waals surface area contributed by atoms with Crippen LogP contribution in [0.2, 0.25) is 0 Å². The lowest BCUT2D eigenvalue weighted by atomic mass is 9.84. The molecular weight excluding hydrogens is 341 g/mol. The van der Waals surface area contributed by atoms with E-state index in [4.69, 9.17) is 0 Å². The van der Waals surface area contributed by atoms with Crippen LogP contribution in [0, 0.1) is 11.7 Å². The average molecular weight is 367 g/mol. The molecule has 0 atom stereocenters. The second kappa shape index (κ2) is 8.15. The van der Waals surface area contributed by atoms with Crippen molar-refractivity contribution in [1.29, 1.82) is 0 Å². The van der Waals surface area contributed by atoms with E-state index < -0.39 is 0 Å². The van der Waals surface area contributed by atoms with Crippen molar-refractivity contribution in [3.8, 4) is 0 Å². The maximum Gasteiger partial charge on any atom is 0.230 e. The number of aromatic nitrogens is 2. The van der Waals surface area contributed by atoms with Crippen molar-refractivity contribution in [2.75, 3.05) is 4.90 Å². The van der Waals surface area contributed by atoms with E-state index in [0.29, 0.717) is 18.2 Å².